The molecule has 17 heavy (non-hydrogen) atoms. The van der Waals surface area contributed by atoms with E-state index in [1.807, 2.05) is 0 Å². The Bertz CT molecular complexity index is 295. The molecule has 1 unspecified atom stereocenters. The van der Waals surface area contributed by atoms with Crippen molar-refractivity contribution in [2.45, 2.75) is 45.8 Å². The topological polar surface area (TPSA) is 15.3 Å². The summed E-state index contributed by atoms with van der Waals surface area (Å²) in [4.78, 5) is 2.44. The molecule has 1 atom stereocenters. The second-order valence-electron chi connectivity index (χ2n) is 5.03. The molecular formula is C15H26N2. The zero-order chi connectivity index (χ0) is 12.7. The van der Waals surface area contributed by atoms with Crippen molar-refractivity contribution in [2.24, 2.45) is 0 Å². The molecule has 0 fully saturated rings. The van der Waals surface area contributed by atoms with E-state index in [1.165, 1.54) is 12.0 Å². The summed E-state index contributed by atoms with van der Waals surface area (Å²) in [5, 5.41) is 3.52. The van der Waals surface area contributed by atoms with E-state index in [0.717, 1.165) is 13.1 Å². The van der Waals surface area contributed by atoms with Crippen LogP contribution in [0.1, 0.15) is 32.8 Å². The van der Waals surface area contributed by atoms with Gasteiger partial charge in [0.05, 0.1) is 0 Å². The lowest BCUT2D eigenvalue weighted by atomic mass is 10.1. The van der Waals surface area contributed by atoms with Gasteiger partial charge in [-0.15, -0.1) is 0 Å². The predicted octanol–water partition coefficient (Wildman–Crippen LogP) is 2.90. The highest BCUT2D eigenvalue weighted by molar-refractivity contribution is 5.14. The zero-order valence-electron chi connectivity index (χ0n) is 11.6. The van der Waals surface area contributed by atoms with Gasteiger partial charge in [0.25, 0.3) is 0 Å². The van der Waals surface area contributed by atoms with Gasteiger partial charge in [-0.1, -0.05) is 51.1 Å². The Labute approximate surface area is 106 Å². The zero-order valence-corrected chi connectivity index (χ0v) is 11.6. The first-order valence-corrected chi connectivity index (χ1v) is 6.61. The highest BCUT2D eigenvalue weighted by Gasteiger charge is 2.12. The standard InChI is InChI=1S/C15H26N2/c1-5-15(11-16-13(2)3)17(4)12-14-9-7-6-8-10-14/h6-10,13,15-16H,5,11-12H2,1-4H3. The Kier molecular flexibility index (Phi) is 6.23. The Balaban J connectivity index is 2.46. The van der Waals surface area contributed by atoms with Crippen molar-refractivity contribution in [1.82, 2.24) is 10.2 Å². The lowest BCUT2D eigenvalue weighted by molar-refractivity contribution is 0.218. The monoisotopic (exact) mass is 234 g/mol. The van der Waals surface area contributed by atoms with Gasteiger partial charge in [-0.3, -0.25) is 4.90 Å². The molecule has 0 aromatic heterocycles. The van der Waals surface area contributed by atoms with Crippen molar-refractivity contribution in [3.8, 4) is 0 Å². The third kappa shape index (κ3) is 5.33. The van der Waals surface area contributed by atoms with Gasteiger partial charge in [-0.25, -0.2) is 0 Å². The molecule has 1 rings (SSSR count). The number of rotatable bonds is 7. The van der Waals surface area contributed by atoms with Gasteiger partial charge in [-0.2, -0.15) is 0 Å². The molecule has 0 heterocycles. The molecule has 2 nitrogen and oxygen atoms in total. The fourth-order valence-electron chi connectivity index (χ4n) is 1.98. The SMILES string of the molecule is CCC(CNC(C)C)N(C)Cc1ccccc1. The maximum absolute atomic E-state index is 3.52. The second-order valence-corrected chi connectivity index (χ2v) is 5.03. The lowest BCUT2D eigenvalue weighted by Crippen LogP contribution is -2.41. The quantitative estimate of drug-likeness (QED) is 0.780. The van der Waals surface area contributed by atoms with E-state index >= 15 is 0 Å². The molecular weight excluding hydrogens is 208 g/mol. The highest BCUT2D eigenvalue weighted by atomic mass is 15.1. The first-order valence-electron chi connectivity index (χ1n) is 6.61. The van der Waals surface area contributed by atoms with Crippen molar-refractivity contribution in [3.63, 3.8) is 0 Å². The fraction of sp³-hybridized carbons (Fsp3) is 0.600. The van der Waals surface area contributed by atoms with Crippen molar-refractivity contribution < 1.29 is 0 Å². The first kappa shape index (κ1) is 14.2. The maximum Gasteiger partial charge on any atom is 0.0234 e. The van der Waals surface area contributed by atoms with Crippen LogP contribution in [0.25, 0.3) is 0 Å². The van der Waals surface area contributed by atoms with Gasteiger partial charge in [0.2, 0.25) is 0 Å². The highest BCUT2D eigenvalue weighted by Crippen LogP contribution is 2.08. The van der Waals surface area contributed by atoms with Gasteiger partial charge >= 0.3 is 0 Å². The van der Waals surface area contributed by atoms with Crippen LogP contribution in [0.3, 0.4) is 0 Å². The van der Waals surface area contributed by atoms with Gasteiger partial charge in [-0.05, 0) is 19.0 Å². The minimum absolute atomic E-state index is 0.564. The number of nitrogens with zero attached hydrogens (tertiary/aromatic N) is 1. The summed E-state index contributed by atoms with van der Waals surface area (Å²) in [6.45, 7) is 8.75. The molecule has 0 aliphatic rings. The van der Waals surface area contributed by atoms with Gasteiger partial charge < -0.3 is 5.32 Å². The molecule has 0 amide bonds. The number of nitrogens with one attached hydrogen (secondary N) is 1. The van der Waals surface area contributed by atoms with Gasteiger partial charge in [0.15, 0.2) is 0 Å². The van der Waals surface area contributed by atoms with Crippen LogP contribution in [0, 0.1) is 0 Å². The first-order chi connectivity index (χ1) is 8.13. The summed E-state index contributed by atoms with van der Waals surface area (Å²) in [6, 6.07) is 11.8. The average Bonchev–Trinajstić information content (AvgIpc) is 2.30. The van der Waals surface area contributed by atoms with E-state index in [2.05, 4.69) is 68.4 Å². The van der Waals surface area contributed by atoms with E-state index < -0.39 is 0 Å². The largest absolute Gasteiger partial charge is 0.313 e. The number of hydrogen-bond acceptors (Lipinski definition) is 2. The fourth-order valence-corrected chi connectivity index (χ4v) is 1.98. The van der Waals surface area contributed by atoms with E-state index in [4.69, 9.17) is 0 Å². The molecule has 0 bridgehead atoms. The van der Waals surface area contributed by atoms with Crippen LogP contribution in [0.15, 0.2) is 30.3 Å². The molecule has 2 heteroatoms. The molecule has 96 valence electrons. The van der Waals surface area contributed by atoms with Crippen LogP contribution >= 0.6 is 0 Å². The minimum atomic E-state index is 0.564. The molecule has 0 spiro atoms. The average molecular weight is 234 g/mol. The van der Waals surface area contributed by atoms with E-state index in [9.17, 15) is 0 Å². The summed E-state index contributed by atoms with van der Waals surface area (Å²) in [6.07, 6.45) is 1.18. The molecule has 0 saturated carbocycles. The summed E-state index contributed by atoms with van der Waals surface area (Å²) >= 11 is 0. The Morgan fingerprint density at radius 2 is 1.82 bits per heavy atom. The van der Waals surface area contributed by atoms with E-state index in [1.54, 1.807) is 0 Å². The molecule has 1 N–H and O–H groups in total. The molecule has 0 aliphatic carbocycles. The smallest absolute Gasteiger partial charge is 0.0234 e. The van der Waals surface area contributed by atoms with Crippen LogP contribution < -0.4 is 5.32 Å². The number of likely N-dealkylation sites (N-methyl/N-ethyl adjacent to an activating group) is 1. The minimum Gasteiger partial charge on any atom is -0.313 e. The van der Waals surface area contributed by atoms with Crippen LogP contribution in [-0.2, 0) is 6.54 Å². The summed E-state index contributed by atoms with van der Waals surface area (Å²) < 4.78 is 0. The Morgan fingerprint density at radius 1 is 1.18 bits per heavy atom. The lowest BCUT2D eigenvalue weighted by Gasteiger charge is -2.28. The van der Waals surface area contributed by atoms with Gasteiger partial charge in [0.1, 0.15) is 0 Å². The summed E-state index contributed by atoms with van der Waals surface area (Å²) in [5.74, 6) is 0. The third-order valence-corrected chi connectivity index (χ3v) is 3.13. The van der Waals surface area contributed by atoms with Crippen LogP contribution in [0.5, 0.6) is 0 Å². The maximum atomic E-state index is 3.52. The van der Waals surface area contributed by atoms with Crippen molar-refractivity contribution in [2.75, 3.05) is 13.6 Å². The Morgan fingerprint density at radius 3 is 2.35 bits per heavy atom. The van der Waals surface area contributed by atoms with E-state index in [0.29, 0.717) is 12.1 Å². The van der Waals surface area contributed by atoms with Crippen LogP contribution in [-0.4, -0.2) is 30.6 Å². The van der Waals surface area contributed by atoms with Crippen molar-refractivity contribution >= 4 is 0 Å². The van der Waals surface area contributed by atoms with Crippen molar-refractivity contribution in [1.29, 1.82) is 0 Å². The molecule has 1 aromatic rings. The second kappa shape index (κ2) is 7.46. The molecule has 0 aliphatic heterocycles. The molecule has 0 saturated heterocycles. The van der Waals surface area contributed by atoms with E-state index in [-0.39, 0.29) is 0 Å². The van der Waals surface area contributed by atoms with Crippen LogP contribution in [0.4, 0.5) is 0 Å². The third-order valence-electron chi connectivity index (χ3n) is 3.13. The predicted molar refractivity (Wildman–Crippen MR) is 75.1 cm³/mol. The molecule has 1 aromatic carbocycles. The number of hydrogen-bond donors (Lipinski definition) is 1. The van der Waals surface area contributed by atoms with Crippen molar-refractivity contribution in [3.05, 3.63) is 35.9 Å². The summed E-state index contributed by atoms with van der Waals surface area (Å²) in [5.41, 5.74) is 1.39. The molecule has 0 radical (unpaired) electrons. The van der Waals surface area contributed by atoms with Gasteiger partial charge in [0, 0.05) is 25.2 Å². The normalized spacial score (nSPS) is 13.3. The summed E-state index contributed by atoms with van der Waals surface area (Å²) in [7, 11) is 2.21. The van der Waals surface area contributed by atoms with Crippen LogP contribution in [0.2, 0.25) is 0 Å². The number of benzene rings is 1. The Hall–Kier alpha value is -0.860.